The van der Waals surface area contributed by atoms with Crippen molar-refractivity contribution in [1.82, 2.24) is 15.5 Å². The molecule has 1 atom stereocenters. The molecule has 1 aliphatic heterocycles. The van der Waals surface area contributed by atoms with Gasteiger partial charge in [-0.2, -0.15) is 0 Å². The van der Waals surface area contributed by atoms with E-state index in [1.807, 2.05) is 31.2 Å². The Balaban J connectivity index is 1.70. The lowest BCUT2D eigenvalue weighted by atomic mass is 10.0. The molecule has 7 heteroatoms. The molecule has 5 nitrogen and oxygen atoms in total. The van der Waals surface area contributed by atoms with Gasteiger partial charge in [-0.05, 0) is 30.9 Å². The fraction of sp³-hybridized carbons (Fsp3) is 0.588. The van der Waals surface area contributed by atoms with Crippen LogP contribution < -0.4 is 10.6 Å². The van der Waals surface area contributed by atoms with Crippen LogP contribution in [0.15, 0.2) is 24.3 Å². The Morgan fingerprint density at radius 1 is 1.33 bits per heavy atom. The van der Waals surface area contributed by atoms with Crippen molar-refractivity contribution in [2.24, 2.45) is 0 Å². The second-order valence-corrected chi connectivity index (χ2v) is 6.19. The maximum absolute atomic E-state index is 12.3. The van der Waals surface area contributed by atoms with E-state index in [1.54, 1.807) is 4.90 Å². The minimum absolute atomic E-state index is 0.0190. The van der Waals surface area contributed by atoms with Gasteiger partial charge >= 0.3 is 6.03 Å². The molecule has 1 aromatic rings. The first-order chi connectivity index (χ1) is 11.5. The van der Waals surface area contributed by atoms with Crippen LogP contribution in [0.3, 0.4) is 0 Å². The SMILES string of the molecule is Cc1ccccc1[C@@H](O)CNC(=O)NC1CCN(CC(F)F)CC1. The number of aliphatic hydroxyl groups is 1. The minimum atomic E-state index is -2.32. The third-order valence-corrected chi connectivity index (χ3v) is 4.32. The molecule has 0 aromatic heterocycles. The van der Waals surface area contributed by atoms with Gasteiger partial charge in [0.1, 0.15) is 0 Å². The van der Waals surface area contributed by atoms with Gasteiger partial charge in [-0.25, -0.2) is 13.6 Å². The first-order valence-corrected chi connectivity index (χ1v) is 8.24. The van der Waals surface area contributed by atoms with Gasteiger partial charge in [0.05, 0.1) is 12.6 Å². The molecule has 134 valence electrons. The summed E-state index contributed by atoms with van der Waals surface area (Å²) in [6.07, 6.45) is -1.77. The summed E-state index contributed by atoms with van der Waals surface area (Å²) >= 11 is 0. The summed E-state index contributed by atoms with van der Waals surface area (Å²) in [5.41, 5.74) is 1.76. The van der Waals surface area contributed by atoms with E-state index >= 15 is 0 Å². The predicted molar refractivity (Wildman–Crippen MR) is 88.1 cm³/mol. The van der Waals surface area contributed by atoms with Crippen LogP contribution >= 0.6 is 0 Å². The van der Waals surface area contributed by atoms with Gasteiger partial charge in [0.15, 0.2) is 0 Å². The molecule has 1 saturated heterocycles. The summed E-state index contributed by atoms with van der Waals surface area (Å²) in [7, 11) is 0. The van der Waals surface area contributed by atoms with Crippen molar-refractivity contribution >= 4 is 6.03 Å². The molecule has 3 N–H and O–H groups in total. The minimum Gasteiger partial charge on any atom is -0.387 e. The number of benzene rings is 1. The van der Waals surface area contributed by atoms with Crippen LogP contribution in [0, 0.1) is 6.92 Å². The Kier molecular flexibility index (Phi) is 6.93. The van der Waals surface area contributed by atoms with Gasteiger partial charge in [0.25, 0.3) is 6.43 Å². The summed E-state index contributed by atoms with van der Waals surface area (Å²) in [6, 6.07) is 7.12. The third-order valence-electron chi connectivity index (χ3n) is 4.32. The number of hydrogen-bond acceptors (Lipinski definition) is 3. The highest BCUT2D eigenvalue weighted by molar-refractivity contribution is 5.74. The zero-order chi connectivity index (χ0) is 17.5. The number of piperidine rings is 1. The third kappa shape index (κ3) is 5.72. The Bertz CT molecular complexity index is 534. The second-order valence-electron chi connectivity index (χ2n) is 6.19. The molecule has 0 aliphatic carbocycles. The summed E-state index contributed by atoms with van der Waals surface area (Å²) in [5.74, 6) is 0. The lowest BCUT2D eigenvalue weighted by molar-refractivity contribution is 0.0736. The first kappa shape index (κ1) is 18.6. The summed E-state index contributed by atoms with van der Waals surface area (Å²) in [5, 5.41) is 15.7. The smallest absolute Gasteiger partial charge is 0.315 e. The highest BCUT2D eigenvalue weighted by atomic mass is 19.3. The molecule has 24 heavy (non-hydrogen) atoms. The van der Waals surface area contributed by atoms with Gasteiger partial charge < -0.3 is 15.7 Å². The average Bonchev–Trinajstić information content (AvgIpc) is 2.54. The number of aliphatic hydroxyl groups excluding tert-OH is 1. The molecule has 1 fully saturated rings. The molecule has 2 rings (SSSR count). The van der Waals surface area contributed by atoms with E-state index in [0.29, 0.717) is 25.9 Å². The fourth-order valence-electron chi connectivity index (χ4n) is 2.95. The molecule has 2 amide bonds. The zero-order valence-corrected chi connectivity index (χ0v) is 13.8. The van der Waals surface area contributed by atoms with Gasteiger partial charge in [-0.15, -0.1) is 0 Å². The van der Waals surface area contributed by atoms with E-state index in [1.165, 1.54) is 0 Å². The average molecular weight is 341 g/mol. The Labute approximate surface area is 141 Å². The first-order valence-electron chi connectivity index (χ1n) is 8.24. The number of carbonyl (C=O) groups is 1. The van der Waals surface area contributed by atoms with E-state index in [2.05, 4.69) is 10.6 Å². The molecule has 0 spiro atoms. The largest absolute Gasteiger partial charge is 0.387 e. The normalized spacial score (nSPS) is 17.7. The van der Waals surface area contributed by atoms with Gasteiger partial charge in [-0.3, -0.25) is 4.90 Å². The Morgan fingerprint density at radius 2 is 2.00 bits per heavy atom. The number of rotatable bonds is 6. The van der Waals surface area contributed by atoms with Crippen molar-refractivity contribution in [3.05, 3.63) is 35.4 Å². The number of aryl methyl sites for hydroxylation is 1. The molecule has 1 aromatic carbocycles. The molecule has 1 heterocycles. The Hall–Kier alpha value is -1.73. The number of nitrogens with zero attached hydrogens (tertiary/aromatic N) is 1. The highest BCUT2D eigenvalue weighted by Crippen LogP contribution is 2.16. The number of nitrogens with one attached hydrogen (secondary N) is 2. The molecule has 0 unspecified atom stereocenters. The fourth-order valence-corrected chi connectivity index (χ4v) is 2.95. The van der Waals surface area contributed by atoms with Crippen molar-refractivity contribution in [1.29, 1.82) is 0 Å². The number of halogens is 2. The van der Waals surface area contributed by atoms with E-state index in [-0.39, 0.29) is 25.2 Å². The number of likely N-dealkylation sites (tertiary alicyclic amines) is 1. The topological polar surface area (TPSA) is 64.6 Å². The molecular weight excluding hydrogens is 316 g/mol. The van der Waals surface area contributed by atoms with Crippen LogP contribution in [-0.4, -0.2) is 54.7 Å². The monoisotopic (exact) mass is 341 g/mol. The number of carbonyl (C=O) groups excluding carboxylic acids is 1. The quantitative estimate of drug-likeness (QED) is 0.742. The van der Waals surface area contributed by atoms with E-state index < -0.39 is 12.5 Å². The van der Waals surface area contributed by atoms with Crippen LogP contribution in [0.2, 0.25) is 0 Å². The van der Waals surface area contributed by atoms with Crippen LogP contribution in [0.5, 0.6) is 0 Å². The molecule has 0 saturated carbocycles. The van der Waals surface area contributed by atoms with E-state index in [4.69, 9.17) is 0 Å². The van der Waals surface area contributed by atoms with Gasteiger partial charge in [-0.1, -0.05) is 24.3 Å². The standard InChI is InChI=1S/C17H25F2N3O2/c1-12-4-2-3-5-14(12)15(23)10-20-17(24)21-13-6-8-22(9-7-13)11-16(18)19/h2-5,13,15-16,23H,6-11H2,1H3,(H2,20,21,24)/t15-/m0/s1. The summed E-state index contributed by atoms with van der Waals surface area (Å²) < 4.78 is 24.7. The predicted octanol–water partition coefficient (Wildman–Crippen LogP) is 2.06. The lowest BCUT2D eigenvalue weighted by Crippen LogP contribution is -2.49. The van der Waals surface area contributed by atoms with Crippen molar-refractivity contribution in [2.45, 2.75) is 38.3 Å². The molecule has 0 bridgehead atoms. The van der Waals surface area contributed by atoms with Gasteiger partial charge in [0, 0.05) is 25.7 Å². The number of hydrogen-bond donors (Lipinski definition) is 3. The lowest BCUT2D eigenvalue weighted by Gasteiger charge is -2.32. The van der Waals surface area contributed by atoms with Crippen LogP contribution in [0.4, 0.5) is 13.6 Å². The molecule has 1 aliphatic rings. The van der Waals surface area contributed by atoms with Crippen molar-refractivity contribution in [2.75, 3.05) is 26.2 Å². The van der Waals surface area contributed by atoms with E-state index in [9.17, 15) is 18.7 Å². The van der Waals surface area contributed by atoms with E-state index in [0.717, 1.165) is 11.1 Å². The summed E-state index contributed by atoms with van der Waals surface area (Å²) in [4.78, 5) is 13.6. The Morgan fingerprint density at radius 3 is 2.62 bits per heavy atom. The molecule has 0 radical (unpaired) electrons. The maximum atomic E-state index is 12.3. The number of urea groups is 1. The van der Waals surface area contributed by atoms with Crippen LogP contribution in [-0.2, 0) is 0 Å². The highest BCUT2D eigenvalue weighted by Gasteiger charge is 2.22. The van der Waals surface area contributed by atoms with Crippen molar-refractivity contribution < 1.29 is 18.7 Å². The number of amides is 2. The van der Waals surface area contributed by atoms with Gasteiger partial charge in [0.2, 0.25) is 0 Å². The van der Waals surface area contributed by atoms with Crippen LogP contribution in [0.25, 0.3) is 0 Å². The second kappa shape index (κ2) is 8.94. The van der Waals surface area contributed by atoms with Crippen molar-refractivity contribution in [3.63, 3.8) is 0 Å². The van der Waals surface area contributed by atoms with Crippen LogP contribution in [0.1, 0.15) is 30.1 Å². The summed E-state index contributed by atoms with van der Waals surface area (Å²) in [6.45, 7) is 2.94. The van der Waals surface area contributed by atoms with Crippen molar-refractivity contribution in [3.8, 4) is 0 Å². The maximum Gasteiger partial charge on any atom is 0.315 e. The number of alkyl halides is 2. The zero-order valence-electron chi connectivity index (χ0n) is 13.8. The molecular formula is C17H25F2N3O2.